The van der Waals surface area contributed by atoms with Crippen LogP contribution in [0.15, 0.2) is 42.5 Å². The van der Waals surface area contributed by atoms with E-state index >= 15 is 0 Å². The Balaban J connectivity index is 1.66. The molecule has 9 nitrogen and oxygen atoms in total. The fourth-order valence-electron chi connectivity index (χ4n) is 4.53. The number of hydrogen-bond acceptors (Lipinski definition) is 7. The SMILES string of the molecule is Bc1cc(Cn2c(C(=O)OC)nc(NC[C@H](N)Cc3ccccc3)c2C(=O)NCC)cc2c1OCC2. The molecule has 1 atom stereocenters. The molecule has 0 fully saturated rings. The summed E-state index contributed by atoms with van der Waals surface area (Å²) in [6, 6.07) is 13.8. The quantitative estimate of drug-likeness (QED) is 0.283. The minimum absolute atomic E-state index is 0.0484. The molecule has 188 valence electrons. The number of anilines is 1. The smallest absolute Gasteiger partial charge is 0.374 e. The Morgan fingerprint density at radius 3 is 2.75 bits per heavy atom. The van der Waals surface area contributed by atoms with Gasteiger partial charge in [0.05, 0.1) is 20.3 Å². The van der Waals surface area contributed by atoms with Crippen LogP contribution in [0, 0.1) is 0 Å². The van der Waals surface area contributed by atoms with Crippen molar-refractivity contribution >= 4 is 31.0 Å². The van der Waals surface area contributed by atoms with Gasteiger partial charge in [0.15, 0.2) is 11.5 Å². The number of fused-ring (bicyclic) bond motifs is 1. The molecule has 0 spiro atoms. The largest absolute Gasteiger partial charge is 0.494 e. The van der Waals surface area contributed by atoms with Crippen LogP contribution in [-0.4, -0.2) is 62.1 Å². The molecule has 0 saturated carbocycles. The Kier molecular flexibility index (Phi) is 7.95. The summed E-state index contributed by atoms with van der Waals surface area (Å²) in [7, 11) is 3.29. The van der Waals surface area contributed by atoms with Gasteiger partial charge in [-0.1, -0.05) is 42.5 Å². The second-order valence-corrected chi connectivity index (χ2v) is 8.90. The van der Waals surface area contributed by atoms with E-state index in [0.717, 1.165) is 34.3 Å². The summed E-state index contributed by atoms with van der Waals surface area (Å²) >= 11 is 0. The first kappa shape index (κ1) is 25.3. The summed E-state index contributed by atoms with van der Waals surface area (Å²) < 4.78 is 12.3. The van der Waals surface area contributed by atoms with Crippen molar-refractivity contribution in [3.05, 3.63) is 70.7 Å². The predicted octanol–water partition coefficient (Wildman–Crippen LogP) is 0.643. The van der Waals surface area contributed by atoms with Gasteiger partial charge >= 0.3 is 5.97 Å². The normalized spacial score (nSPS) is 13.0. The van der Waals surface area contributed by atoms with Gasteiger partial charge in [0, 0.05) is 25.6 Å². The van der Waals surface area contributed by atoms with Crippen LogP contribution in [0.2, 0.25) is 0 Å². The summed E-state index contributed by atoms with van der Waals surface area (Å²) in [6.45, 7) is 3.57. The number of imidazole rings is 1. The van der Waals surface area contributed by atoms with Crippen LogP contribution in [-0.2, 0) is 24.1 Å². The number of ether oxygens (including phenoxy) is 2. The minimum Gasteiger partial charge on any atom is -0.494 e. The Morgan fingerprint density at radius 2 is 2.03 bits per heavy atom. The highest BCUT2D eigenvalue weighted by Gasteiger charge is 2.28. The van der Waals surface area contributed by atoms with E-state index in [9.17, 15) is 9.59 Å². The van der Waals surface area contributed by atoms with Crippen molar-refractivity contribution in [1.29, 1.82) is 0 Å². The predicted molar refractivity (Wildman–Crippen MR) is 141 cm³/mol. The van der Waals surface area contributed by atoms with Gasteiger partial charge in [-0.2, -0.15) is 0 Å². The molecule has 0 bridgehead atoms. The average molecular weight is 489 g/mol. The Hall–Kier alpha value is -3.79. The maximum atomic E-state index is 13.2. The summed E-state index contributed by atoms with van der Waals surface area (Å²) in [6.07, 6.45) is 1.48. The third-order valence-electron chi connectivity index (χ3n) is 6.13. The molecule has 0 unspecified atom stereocenters. The van der Waals surface area contributed by atoms with Crippen LogP contribution < -0.4 is 26.6 Å². The zero-order valence-corrected chi connectivity index (χ0v) is 21.0. The van der Waals surface area contributed by atoms with Gasteiger partial charge in [-0.3, -0.25) is 4.79 Å². The van der Waals surface area contributed by atoms with Crippen molar-refractivity contribution in [2.45, 2.75) is 32.4 Å². The zero-order valence-electron chi connectivity index (χ0n) is 21.0. The number of carbonyl (C=O) groups excluding carboxylic acids is 2. The summed E-state index contributed by atoms with van der Waals surface area (Å²) in [5.74, 6) is 0.304. The number of nitrogens with one attached hydrogen (secondary N) is 2. The fraction of sp³-hybridized carbons (Fsp3) is 0.346. The molecule has 1 amide bonds. The van der Waals surface area contributed by atoms with E-state index in [1.54, 1.807) is 4.57 Å². The Bertz CT molecular complexity index is 1240. The van der Waals surface area contributed by atoms with Crippen LogP contribution in [0.25, 0.3) is 0 Å². The highest BCUT2D eigenvalue weighted by atomic mass is 16.5. The third-order valence-corrected chi connectivity index (χ3v) is 6.13. The molecule has 1 aromatic heterocycles. The fourth-order valence-corrected chi connectivity index (χ4v) is 4.53. The van der Waals surface area contributed by atoms with Crippen LogP contribution in [0.5, 0.6) is 5.75 Å². The number of methoxy groups -OCH3 is 1. The highest BCUT2D eigenvalue weighted by Crippen LogP contribution is 2.26. The Morgan fingerprint density at radius 1 is 1.25 bits per heavy atom. The van der Waals surface area contributed by atoms with Gasteiger partial charge in [-0.15, -0.1) is 0 Å². The van der Waals surface area contributed by atoms with Gasteiger partial charge in [0.1, 0.15) is 13.6 Å². The molecule has 36 heavy (non-hydrogen) atoms. The van der Waals surface area contributed by atoms with Crippen molar-refractivity contribution in [2.75, 3.05) is 32.1 Å². The number of benzene rings is 2. The van der Waals surface area contributed by atoms with Crippen molar-refractivity contribution in [3.8, 4) is 5.75 Å². The van der Waals surface area contributed by atoms with Crippen molar-refractivity contribution < 1.29 is 19.1 Å². The van der Waals surface area contributed by atoms with Gasteiger partial charge in [-0.25, -0.2) is 9.78 Å². The van der Waals surface area contributed by atoms with Gasteiger partial charge in [0.25, 0.3) is 5.91 Å². The molecule has 0 aliphatic carbocycles. The highest BCUT2D eigenvalue weighted by molar-refractivity contribution is 6.34. The average Bonchev–Trinajstić information content (AvgIpc) is 3.48. The molecule has 2 aromatic carbocycles. The lowest BCUT2D eigenvalue weighted by atomic mass is 9.90. The van der Waals surface area contributed by atoms with Crippen molar-refractivity contribution in [3.63, 3.8) is 0 Å². The first-order valence-electron chi connectivity index (χ1n) is 12.2. The number of nitrogens with zero attached hydrogens (tertiary/aromatic N) is 2. The number of nitrogens with two attached hydrogens (primary N) is 1. The van der Waals surface area contributed by atoms with Crippen LogP contribution in [0.1, 0.15) is 44.7 Å². The van der Waals surface area contributed by atoms with E-state index in [-0.39, 0.29) is 30.0 Å². The topological polar surface area (TPSA) is 121 Å². The monoisotopic (exact) mass is 489 g/mol. The number of carbonyl (C=O) groups is 2. The number of amides is 1. The molecule has 0 radical (unpaired) electrons. The van der Waals surface area contributed by atoms with Crippen LogP contribution in [0.4, 0.5) is 5.82 Å². The molecule has 4 N–H and O–H groups in total. The maximum Gasteiger partial charge on any atom is 0.374 e. The molecular formula is C26H32BN5O4. The van der Waals surface area contributed by atoms with Gasteiger partial charge < -0.3 is 30.4 Å². The van der Waals surface area contributed by atoms with Crippen LogP contribution >= 0.6 is 0 Å². The summed E-state index contributed by atoms with van der Waals surface area (Å²) in [5, 5.41) is 6.04. The third kappa shape index (κ3) is 5.54. The van der Waals surface area contributed by atoms with Crippen molar-refractivity contribution in [2.24, 2.45) is 5.73 Å². The molecular weight excluding hydrogens is 457 g/mol. The number of rotatable bonds is 10. The molecule has 10 heteroatoms. The summed E-state index contributed by atoms with van der Waals surface area (Å²) in [4.78, 5) is 30.4. The van der Waals surface area contributed by atoms with E-state index in [4.69, 9.17) is 15.2 Å². The molecule has 3 aromatic rings. The number of aromatic nitrogens is 2. The van der Waals surface area contributed by atoms with E-state index < -0.39 is 5.97 Å². The maximum absolute atomic E-state index is 13.2. The lowest BCUT2D eigenvalue weighted by Crippen LogP contribution is -2.32. The number of esters is 1. The van der Waals surface area contributed by atoms with Crippen molar-refractivity contribution in [1.82, 2.24) is 14.9 Å². The van der Waals surface area contributed by atoms with E-state index in [2.05, 4.69) is 21.7 Å². The Labute approximate surface area is 211 Å². The lowest BCUT2D eigenvalue weighted by Gasteiger charge is -2.15. The van der Waals surface area contributed by atoms with Gasteiger partial charge in [0.2, 0.25) is 5.82 Å². The molecule has 2 heterocycles. The van der Waals surface area contributed by atoms with Gasteiger partial charge in [-0.05, 0) is 35.5 Å². The molecule has 0 saturated heterocycles. The zero-order chi connectivity index (χ0) is 25.7. The van der Waals surface area contributed by atoms with Crippen LogP contribution in [0.3, 0.4) is 0 Å². The lowest BCUT2D eigenvalue weighted by molar-refractivity contribution is 0.0581. The second-order valence-electron chi connectivity index (χ2n) is 8.90. The first-order valence-corrected chi connectivity index (χ1v) is 12.2. The van der Waals surface area contributed by atoms with E-state index in [0.29, 0.717) is 31.9 Å². The standard InChI is InChI=1S/C26H32BN5O4/c1-3-29-25(33)21-23(30-14-19(28)12-16-7-5-4-6-8-16)31-24(26(34)35-2)32(21)15-17-11-18-9-10-36-22(18)20(27)13-17/h4-8,11,13,19,30H,3,9-10,12,14-15,27-28H2,1-2H3,(H,29,33)/t19-/m1/s1. The molecule has 1 aliphatic heterocycles. The molecule has 1 aliphatic rings. The minimum atomic E-state index is -0.622. The first-order chi connectivity index (χ1) is 17.4. The molecule has 4 rings (SSSR count). The second kappa shape index (κ2) is 11.3. The van der Waals surface area contributed by atoms with E-state index in [1.165, 1.54) is 7.11 Å². The number of hydrogen-bond donors (Lipinski definition) is 3. The summed E-state index contributed by atoms with van der Waals surface area (Å²) in [5.41, 5.74) is 10.8. The van der Waals surface area contributed by atoms with E-state index in [1.807, 2.05) is 51.2 Å².